The molecule has 2 aromatic rings. The first-order valence-corrected chi connectivity index (χ1v) is 3.97. The zero-order valence-corrected chi connectivity index (χ0v) is 7.20. The third-order valence-corrected chi connectivity index (χ3v) is 2.01. The van der Waals surface area contributed by atoms with E-state index < -0.39 is 0 Å². The first-order chi connectivity index (χ1) is 6.18. The van der Waals surface area contributed by atoms with Gasteiger partial charge >= 0.3 is 5.63 Å². The molecule has 0 saturated heterocycles. The van der Waals surface area contributed by atoms with Gasteiger partial charge in [-0.05, 0) is 18.6 Å². The van der Waals surface area contributed by atoms with E-state index in [9.17, 15) is 4.79 Å². The summed E-state index contributed by atoms with van der Waals surface area (Å²) >= 11 is 0. The minimum Gasteiger partial charge on any atom is -0.420 e. The van der Waals surface area contributed by atoms with Crippen LogP contribution in [-0.2, 0) is 0 Å². The second kappa shape index (κ2) is 2.62. The second-order valence-electron chi connectivity index (χ2n) is 2.97. The Labute approximate surface area is 74.8 Å². The van der Waals surface area contributed by atoms with E-state index in [1.54, 1.807) is 6.07 Å². The molecule has 0 saturated carbocycles. The summed E-state index contributed by atoms with van der Waals surface area (Å²) in [5.41, 5.74) is 7.17. The summed E-state index contributed by atoms with van der Waals surface area (Å²) in [5.74, 6) is 0. The van der Waals surface area contributed by atoms with Gasteiger partial charge in [0.1, 0.15) is 0 Å². The standard InChI is InChI=1S/C10H9NO2/c1-6-5-9(12)13-10-7(6)3-2-4-8(10)11/h2-5H,11H2,1H3. The van der Waals surface area contributed by atoms with Gasteiger partial charge in [0, 0.05) is 11.5 Å². The maximum atomic E-state index is 11.0. The quantitative estimate of drug-likeness (QED) is 0.489. The summed E-state index contributed by atoms with van der Waals surface area (Å²) in [7, 11) is 0. The summed E-state index contributed by atoms with van der Waals surface area (Å²) < 4.78 is 4.99. The van der Waals surface area contributed by atoms with Gasteiger partial charge in [-0.3, -0.25) is 0 Å². The number of anilines is 1. The number of hydrogen-bond acceptors (Lipinski definition) is 3. The second-order valence-corrected chi connectivity index (χ2v) is 2.97. The van der Waals surface area contributed by atoms with Crippen LogP contribution in [0.4, 0.5) is 5.69 Å². The maximum Gasteiger partial charge on any atom is 0.336 e. The lowest BCUT2D eigenvalue weighted by Crippen LogP contribution is -1.99. The molecule has 3 nitrogen and oxygen atoms in total. The third kappa shape index (κ3) is 1.18. The minimum absolute atomic E-state index is 0.358. The van der Waals surface area contributed by atoms with Crippen LogP contribution < -0.4 is 11.4 Å². The number of fused-ring (bicyclic) bond motifs is 1. The molecule has 66 valence electrons. The van der Waals surface area contributed by atoms with Gasteiger partial charge < -0.3 is 10.2 Å². The lowest BCUT2D eigenvalue weighted by atomic mass is 10.1. The fourth-order valence-corrected chi connectivity index (χ4v) is 1.36. The summed E-state index contributed by atoms with van der Waals surface area (Å²) in [5, 5.41) is 0.889. The Morgan fingerprint density at radius 2 is 2.15 bits per heavy atom. The number of nitrogen functional groups attached to an aromatic ring is 1. The van der Waals surface area contributed by atoms with Crippen molar-refractivity contribution in [3.8, 4) is 0 Å². The van der Waals surface area contributed by atoms with Crippen molar-refractivity contribution in [3.05, 3.63) is 40.2 Å². The largest absolute Gasteiger partial charge is 0.420 e. The van der Waals surface area contributed by atoms with Crippen LogP contribution in [0.2, 0.25) is 0 Å². The highest BCUT2D eigenvalue weighted by Crippen LogP contribution is 2.21. The first-order valence-electron chi connectivity index (χ1n) is 3.97. The molecule has 1 aromatic carbocycles. The first kappa shape index (κ1) is 7.86. The minimum atomic E-state index is -0.358. The van der Waals surface area contributed by atoms with Gasteiger partial charge in [-0.15, -0.1) is 0 Å². The lowest BCUT2D eigenvalue weighted by Gasteiger charge is -2.01. The van der Waals surface area contributed by atoms with Crippen LogP contribution >= 0.6 is 0 Å². The summed E-state index contributed by atoms with van der Waals surface area (Å²) in [4.78, 5) is 11.0. The fraction of sp³-hybridized carbons (Fsp3) is 0.100. The normalized spacial score (nSPS) is 10.5. The molecule has 0 unspecified atom stereocenters. The molecule has 2 N–H and O–H groups in total. The van der Waals surface area contributed by atoms with Crippen molar-refractivity contribution in [3.63, 3.8) is 0 Å². The molecule has 0 bridgehead atoms. The lowest BCUT2D eigenvalue weighted by molar-refractivity contribution is 0.561. The summed E-state index contributed by atoms with van der Waals surface area (Å²) in [6.07, 6.45) is 0. The van der Waals surface area contributed by atoms with Crippen molar-refractivity contribution in [1.29, 1.82) is 0 Å². The van der Waals surface area contributed by atoms with E-state index in [2.05, 4.69) is 0 Å². The number of para-hydroxylation sites is 1. The zero-order chi connectivity index (χ0) is 9.42. The molecule has 0 spiro atoms. The van der Waals surface area contributed by atoms with E-state index >= 15 is 0 Å². The molecule has 2 rings (SSSR count). The van der Waals surface area contributed by atoms with Crippen molar-refractivity contribution in [2.75, 3.05) is 5.73 Å². The smallest absolute Gasteiger partial charge is 0.336 e. The van der Waals surface area contributed by atoms with E-state index in [1.165, 1.54) is 6.07 Å². The monoisotopic (exact) mass is 175 g/mol. The molecule has 0 amide bonds. The Morgan fingerprint density at radius 1 is 1.38 bits per heavy atom. The number of nitrogens with two attached hydrogens (primary N) is 1. The Balaban J connectivity index is 3.03. The van der Waals surface area contributed by atoms with Crippen LogP contribution in [0.1, 0.15) is 5.56 Å². The van der Waals surface area contributed by atoms with Gasteiger partial charge in [0.25, 0.3) is 0 Å². The van der Waals surface area contributed by atoms with Gasteiger partial charge in [0.05, 0.1) is 5.69 Å². The van der Waals surface area contributed by atoms with Gasteiger partial charge in [-0.1, -0.05) is 12.1 Å². The molecular formula is C10H9NO2. The van der Waals surface area contributed by atoms with Gasteiger partial charge in [-0.2, -0.15) is 0 Å². The fourth-order valence-electron chi connectivity index (χ4n) is 1.36. The third-order valence-electron chi connectivity index (χ3n) is 2.01. The molecule has 0 aliphatic carbocycles. The van der Waals surface area contributed by atoms with E-state index in [0.29, 0.717) is 11.3 Å². The van der Waals surface area contributed by atoms with E-state index in [-0.39, 0.29) is 5.63 Å². The van der Waals surface area contributed by atoms with Crippen LogP contribution in [0.15, 0.2) is 33.5 Å². The topological polar surface area (TPSA) is 56.2 Å². The summed E-state index contributed by atoms with van der Waals surface area (Å²) in [6.45, 7) is 1.86. The van der Waals surface area contributed by atoms with Crippen LogP contribution in [0.5, 0.6) is 0 Å². The molecule has 0 aliphatic heterocycles. The Kier molecular flexibility index (Phi) is 1.59. The molecule has 0 aliphatic rings. The van der Waals surface area contributed by atoms with Crippen LogP contribution in [0.3, 0.4) is 0 Å². The van der Waals surface area contributed by atoms with Crippen molar-refractivity contribution < 1.29 is 4.42 Å². The van der Waals surface area contributed by atoms with Crippen LogP contribution in [0, 0.1) is 6.92 Å². The van der Waals surface area contributed by atoms with E-state index in [0.717, 1.165) is 10.9 Å². The molecule has 13 heavy (non-hydrogen) atoms. The highest BCUT2D eigenvalue weighted by atomic mass is 16.4. The average Bonchev–Trinajstić information content (AvgIpc) is 2.07. The predicted octanol–water partition coefficient (Wildman–Crippen LogP) is 1.68. The number of hydrogen-bond donors (Lipinski definition) is 1. The van der Waals surface area contributed by atoms with Crippen molar-refractivity contribution >= 4 is 16.7 Å². The van der Waals surface area contributed by atoms with Gasteiger partial charge in [0.15, 0.2) is 5.58 Å². The van der Waals surface area contributed by atoms with Crippen molar-refractivity contribution in [2.45, 2.75) is 6.92 Å². The Morgan fingerprint density at radius 3 is 2.92 bits per heavy atom. The number of rotatable bonds is 0. The number of benzene rings is 1. The predicted molar refractivity (Wildman–Crippen MR) is 51.6 cm³/mol. The SMILES string of the molecule is Cc1cc(=O)oc2c(N)cccc12. The Hall–Kier alpha value is -1.77. The maximum absolute atomic E-state index is 11.0. The zero-order valence-electron chi connectivity index (χ0n) is 7.20. The average molecular weight is 175 g/mol. The van der Waals surface area contributed by atoms with Gasteiger partial charge in [-0.25, -0.2) is 4.79 Å². The molecule has 1 heterocycles. The molecule has 0 atom stereocenters. The summed E-state index contributed by atoms with van der Waals surface area (Å²) in [6, 6.07) is 6.89. The van der Waals surface area contributed by atoms with Crippen molar-refractivity contribution in [1.82, 2.24) is 0 Å². The van der Waals surface area contributed by atoms with Crippen LogP contribution in [0.25, 0.3) is 11.0 Å². The number of aryl methyl sites for hydroxylation is 1. The van der Waals surface area contributed by atoms with Gasteiger partial charge in [0.2, 0.25) is 0 Å². The Bertz CT molecular complexity index is 514. The molecule has 0 radical (unpaired) electrons. The molecular weight excluding hydrogens is 166 g/mol. The highest BCUT2D eigenvalue weighted by molar-refractivity contribution is 5.89. The molecule has 3 heteroatoms. The van der Waals surface area contributed by atoms with E-state index in [1.807, 2.05) is 19.1 Å². The van der Waals surface area contributed by atoms with Crippen molar-refractivity contribution in [2.24, 2.45) is 0 Å². The molecule has 0 fully saturated rings. The van der Waals surface area contributed by atoms with Crippen LogP contribution in [-0.4, -0.2) is 0 Å². The highest BCUT2D eigenvalue weighted by Gasteiger charge is 2.03. The van der Waals surface area contributed by atoms with E-state index in [4.69, 9.17) is 10.2 Å². The molecule has 1 aromatic heterocycles.